The summed E-state index contributed by atoms with van der Waals surface area (Å²) in [5, 5.41) is 4.35. The third-order valence-corrected chi connectivity index (χ3v) is 3.69. The molecule has 1 rings (SSSR count). The zero-order chi connectivity index (χ0) is 14.3. The first kappa shape index (κ1) is 16.3. The van der Waals surface area contributed by atoms with Crippen molar-refractivity contribution in [2.75, 3.05) is 24.5 Å². The molecule has 0 bridgehead atoms. The average molecular weight is 283 g/mol. The summed E-state index contributed by atoms with van der Waals surface area (Å²) in [4.78, 5) is 2.33. The highest BCUT2D eigenvalue weighted by Gasteiger charge is 2.11. The average Bonchev–Trinajstić information content (AvgIpc) is 2.42. The van der Waals surface area contributed by atoms with Crippen LogP contribution in [0, 0.1) is 0 Å². The van der Waals surface area contributed by atoms with Gasteiger partial charge in [-0.25, -0.2) is 0 Å². The zero-order valence-electron chi connectivity index (χ0n) is 12.7. The molecule has 0 aliphatic rings. The summed E-state index contributed by atoms with van der Waals surface area (Å²) in [5.41, 5.74) is 2.41. The molecular weight excluding hydrogens is 256 g/mol. The van der Waals surface area contributed by atoms with E-state index >= 15 is 0 Å². The molecule has 0 aliphatic heterocycles. The Labute approximate surface area is 123 Å². The van der Waals surface area contributed by atoms with Crippen LogP contribution in [0.4, 0.5) is 5.69 Å². The molecule has 0 aromatic heterocycles. The van der Waals surface area contributed by atoms with Gasteiger partial charge in [0.15, 0.2) is 0 Å². The highest BCUT2D eigenvalue weighted by atomic mass is 35.5. The molecule has 2 nitrogen and oxygen atoms in total. The Kier molecular flexibility index (Phi) is 7.25. The Morgan fingerprint density at radius 2 is 1.95 bits per heavy atom. The van der Waals surface area contributed by atoms with Gasteiger partial charge in [-0.3, -0.25) is 0 Å². The van der Waals surface area contributed by atoms with Gasteiger partial charge in [0.05, 0.1) is 10.7 Å². The predicted octanol–water partition coefficient (Wildman–Crippen LogP) is 4.64. The number of rotatable bonds is 8. The second-order valence-electron chi connectivity index (χ2n) is 4.97. The van der Waals surface area contributed by atoms with Gasteiger partial charge in [-0.1, -0.05) is 31.5 Å². The summed E-state index contributed by atoms with van der Waals surface area (Å²) in [6.45, 7) is 11.8. The first-order valence-corrected chi connectivity index (χ1v) is 7.79. The maximum Gasteiger partial charge on any atom is 0.0642 e. The number of benzene rings is 1. The third kappa shape index (κ3) is 4.70. The lowest BCUT2D eigenvalue weighted by Crippen LogP contribution is -2.24. The molecule has 1 N–H and O–H groups in total. The number of nitrogens with one attached hydrogen (secondary N) is 1. The lowest BCUT2D eigenvalue weighted by atomic mass is 10.1. The van der Waals surface area contributed by atoms with E-state index in [4.69, 9.17) is 11.6 Å². The number of hydrogen-bond acceptors (Lipinski definition) is 2. The van der Waals surface area contributed by atoms with E-state index in [2.05, 4.69) is 56.1 Å². The fraction of sp³-hybridized carbons (Fsp3) is 0.625. The van der Waals surface area contributed by atoms with Gasteiger partial charge >= 0.3 is 0 Å². The number of halogens is 1. The Morgan fingerprint density at radius 3 is 2.47 bits per heavy atom. The Bertz CT molecular complexity index is 379. The van der Waals surface area contributed by atoms with Gasteiger partial charge in [0, 0.05) is 19.1 Å². The Morgan fingerprint density at radius 1 is 1.21 bits per heavy atom. The van der Waals surface area contributed by atoms with E-state index in [9.17, 15) is 0 Å². The minimum Gasteiger partial charge on any atom is -0.371 e. The van der Waals surface area contributed by atoms with Gasteiger partial charge in [0.1, 0.15) is 0 Å². The lowest BCUT2D eigenvalue weighted by molar-refractivity contribution is 0.570. The quantitative estimate of drug-likeness (QED) is 0.747. The van der Waals surface area contributed by atoms with Crippen LogP contribution in [-0.4, -0.2) is 19.6 Å². The summed E-state index contributed by atoms with van der Waals surface area (Å²) in [6.07, 6.45) is 2.29. The highest BCUT2D eigenvalue weighted by Crippen LogP contribution is 2.29. The molecule has 1 unspecified atom stereocenters. The van der Waals surface area contributed by atoms with Gasteiger partial charge in [0.2, 0.25) is 0 Å². The molecule has 0 saturated heterocycles. The molecule has 0 amide bonds. The summed E-state index contributed by atoms with van der Waals surface area (Å²) in [6, 6.07) is 6.80. The zero-order valence-corrected chi connectivity index (χ0v) is 13.4. The van der Waals surface area contributed by atoms with Gasteiger partial charge in [0.25, 0.3) is 0 Å². The van der Waals surface area contributed by atoms with Gasteiger partial charge in [-0.05, 0) is 50.9 Å². The fourth-order valence-corrected chi connectivity index (χ4v) is 2.55. The van der Waals surface area contributed by atoms with Crippen molar-refractivity contribution in [3.63, 3.8) is 0 Å². The molecular formula is C16H27ClN2. The van der Waals surface area contributed by atoms with Crippen molar-refractivity contribution in [1.82, 2.24) is 5.32 Å². The first-order chi connectivity index (χ1) is 9.13. The summed E-state index contributed by atoms with van der Waals surface area (Å²) in [7, 11) is 0. The van der Waals surface area contributed by atoms with E-state index in [1.54, 1.807) is 0 Å². The summed E-state index contributed by atoms with van der Waals surface area (Å²) >= 11 is 6.45. The van der Waals surface area contributed by atoms with Crippen LogP contribution in [0.5, 0.6) is 0 Å². The fourth-order valence-electron chi connectivity index (χ4n) is 2.25. The van der Waals surface area contributed by atoms with Crippen LogP contribution >= 0.6 is 11.6 Å². The van der Waals surface area contributed by atoms with Crippen molar-refractivity contribution in [2.45, 2.75) is 46.6 Å². The van der Waals surface area contributed by atoms with Crippen molar-refractivity contribution in [3.8, 4) is 0 Å². The molecule has 0 fully saturated rings. The Hall–Kier alpha value is -0.730. The topological polar surface area (TPSA) is 15.3 Å². The smallest absolute Gasteiger partial charge is 0.0642 e. The van der Waals surface area contributed by atoms with Crippen LogP contribution in [0.15, 0.2) is 18.2 Å². The monoisotopic (exact) mass is 282 g/mol. The van der Waals surface area contributed by atoms with Crippen LogP contribution in [-0.2, 0) is 0 Å². The van der Waals surface area contributed by atoms with E-state index in [-0.39, 0.29) is 0 Å². The SMILES string of the molecule is CCCNC(C)c1ccc(N(CC)CCC)c(Cl)c1. The molecule has 0 aliphatic carbocycles. The Balaban J connectivity index is 2.84. The van der Waals surface area contributed by atoms with E-state index in [0.717, 1.165) is 43.2 Å². The molecule has 1 aromatic carbocycles. The largest absolute Gasteiger partial charge is 0.371 e. The summed E-state index contributed by atoms with van der Waals surface area (Å²) in [5.74, 6) is 0. The van der Waals surface area contributed by atoms with Crippen molar-refractivity contribution in [1.29, 1.82) is 0 Å². The van der Waals surface area contributed by atoms with Crippen molar-refractivity contribution in [2.24, 2.45) is 0 Å². The van der Waals surface area contributed by atoms with Crippen molar-refractivity contribution < 1.29 is 0 Å². The number of hydrogen-bond donors (Lipinski definition) is 1. The molecule has 0 saturated carbocycles. The number of anilines is 1. The maximum atomic E-state index is 6.45. The molecule has 0 spiro atoms. The molecule has 3 heteroatoms. The normalized spacial score (nSPS) is 12.5. The van der Waals surface area contributed by atoms with E-state index in [1.165, 1.54) is 5.56 Å². The first-order valence-electron chi connectivity index (χ1n) is 7.41. The molecule has 0 heterocycles. The predicted molar refractivity (Wildman–Crippen MR) is 86.3 cm³/mol. The van der Waals surface area contributed by atoms with Crippen molar-refractivity contribution in [3.05, 3.63) is 28.8 Å². The van der Waals surface area contributed by atoms with E-state index < -0.39 is 0 Å². The van der Waals surface area contributed by atoms with Gasteiger partial charge in [-0.2, -0.15) is 0 Å². The van der Waals surface area contributed by atoms with Crippen LogP contribution in [0.3, 0.4) is 0 Å². The van der Waals surface area contributed by atoms with Crippen LogP contribution in [0.25, 0.3) is 0 Å². The van der Waals surface area contributed by atoms with Crippen LogP contribution < -0.4 is 10.2 Å². The minimum atomic E-state index is 0.354. The van der Waals surface area contributed by atoms with Crippen LogP contribution in [0.2, 0.25) is 5.02 Å². The molecule has 1 aromatic rings. The molecule has 19 heavy (non-hydrogen) atoms. The number of nitrogens with zero attached hydrogens (tertiary/aromatic N) is 1. The van der Waals surface area contributed by atoms with E-state index in [1.807, 2.05) is 0 Å². The van der Waals surface area contributed by atoms with E-state index in [0.29, 0.717) is 6.04 Å². The second kappa shape index (κ2) is 8.44. The van der Waals surface area contributed by atoms with Gasteiger partial charge in [-0.15, -0.1) is 0 Å². The van der Waals surface area contributed by atoms with Crippen LogP contribution in [0.1, 0.15) is 52.1 Å². The molecule has 1 atom stereocenters. The van der Waals surface area contributed by atoms with Gasteiger partial charge < -0.3 is 10.2 Å². The van der Waals surface area contributed by atoms with Crippen molar-refractivity contribution >= 4 is 17.3 Å². The minimum absolute atomic E-state index is 0.354. The molecule has 0 radical (unpaired) electrons. The lowest BCUT2D eigenvalue weighted by Gasteiger charge is -2.24. The highest BCUT2D eigenvalue weighted by molar-refractivity contribution is 6.33. The third-order valence-electron chi connectivity index (χ3n) is 3.39. The molecule has 108 valence electrons. The second-order valence-corrected chi connectivity index (χ2v) is 5.37. The standard InChI is InChI=1S/C16H27ClN2/c1-5-10-18-13(4)14-8-9-16(15(17)12-14)19(7-3)11-6-2/h8-9,12-13,18H,5-7,10-11H2,1-4H3. The maximum absolute atomic E-state index is 6.45. The summed E-state index contributed by atoms with van der Waals surface area (Å²) < 4.78 is 0.